The lowest BCUT2D eigenvalue weighted by molar-refractivity contribution is 0.439. The monoisotopic (exact) mass is 223 g/mol. The van der Waals surface area contributed by atoms with Gasteiger partial charge < -0.3 is 5.32 Å². The van der Waals surface area contributed by atoms with Crippen molar-refractivity contribution in [3.8, 4) is 0 Å². The third-order valence-corrected chi connectivity index (χ3v) is 4.52. The van der Waals surface area contributed by atoms with E-state index >= 15 is 0 Å². The SMILES string of the molecule is CCc1nsc(NC2CC3CCC2C3)n1. The first-order valence-corrected chi connectivity index (χ1v) is 6.71. The molecule has 15 heavy (non-hydrogen) atoms. The number of aryl methyl sites for hydroxylation is 1. The zero-order chi connectivity index (χ0) is 10.3. The predicted octanol–water partition coefficient (Wildman–Crippen LogP) is 2.70. The van der Waals surface area contributed by atoms with Gasteiger partial charge in [-0.2, -0.15) is 4.37 Å². The van der Waals surface area contributed by atoms with E-state index < -0.39 is 0 Å². The maximum atomic E-state index is 4.47. The molecule has 0 amide bonds. The van der Waals surface area contributed by atoms with Crippen molar-refractivity contribution >= 4 is 16.7 Å². The van der Waals surface area contributed by atoms with Crippen molar-refractivity contribution in [1.82, 2.24) is 9.36 Å². The van der Waals surface area contributed by atoms with Gasteiger partial charge in [-0.15, -0.1) is 0 Å². The maximum absolute atomic E-state index is 4.47. The first-order chi connectivity index (χ1) is 7.35. The Balaban J connectivity index is 1.65. The number of hydrogen-bond acceptors (Lipinski definition) is 4. The van der Waals surface area contributed by atoms with Crippen molar-refractivity contribution in [2.24, 2.45) is 11.8 Å². The van der Waals surface area contributed by atoms with E-state index in [2.05, 4.69) is 21.6 Å². The van der Waals surface area contributed by atoms with Crippen LogP contribution in [0.5, 0.6) is 0 Å². The Bertz CT molecular complexity index is 349. The van der Waals surface area contributed by atoms with Gasteiger partial charge in [-0.1, -0.05) is 13.3 Å². The van der Waals surface area contributed by atoms with E-state index in [4.69, 9.17) is 0 Å². The van der Waals surface area contributed by atoms with Crippen LogP contribution in [0, 0.1) is 11.8 Å². The minimum Gasteiger partial charge on any atom is -0.357 e. The molecular weight excluding hydrogens is 206 g/mol. The molecule has 2 saturated carbocycles. The second-order valence-corrected chi connectivity index (χ2v) is 5.55. The molecule has 1 heterocycles. The summed E-state index contributed by atoms with van der Waals surface area (Å²) in [5.74, 6) is 2.88. The van der Waals surface area contributed by atoms with Crippen molar-refractivity contribution in [2.75, 3.05) is 5.32 Å². The third kappa shape index (κ3) is 1.75. The molecule has 1 aromatic heterocycles. The number of aromatic nitrogens is 2. The van der Waals surface area contributed by atoms with E-state index in [1.165, 1.54) is 37.2 Å². The molecule has 3 atom stereocenters. The van der Waals surface area contributed by atoms with Gasteiger partial charge in [0.25, 0.3) is 0 Å². The van der Waals surface area contributed by atoms with Gasteiger partial charge in [0.2, 0.25) is 5.13 Å². The van der Waals surface area contributed by atoms with E-state index in [9.17, 15) is 0 Å². The summed E-state index contributed by atoms with van der Waals surface area (Å²) >= 11 is 1.52. The van der Waals surface area contributed by atoms with Crippen LogP contribution in [0.15, 0.2) is 0 Å². The molecule has 2 aliphatic rings. The van der Waals surface area contributed by atoms with Crippen molar-refractivity contribution in [3.63, 3.8) is 0 Å². The fourth-order valence-electron chi connectivity index (χ4n) is 3.04. The van der Waals surface area contributed by atoms with Crippen molar-refractivity contribution in [3.05, 3.63) is 5.82 Å². The normalized spacial score (nSPS) is 33.5. The molecule has 2 fully saturated rings. The topological polar surface area (TPSA) is 37.8 Å². The summed E-state index contributed by atoms with van der Waals surface area (Å²) in [4.78, 5) is 4.47. The largest absolute Gasteiger partial charge is 0.357 e. The molecule has 82 valence electrons. The molecule has 2 aliphatic carbocycles. The summed E-state index contributed by atoms with van der Waals surface area (Å²) in [7, 11) is 0. The lowest BCUT2D eigenvalue weighted by Gasteiger charge is -2.21. The van der Waals surface area contributed by atoms with E-state index in [-0.39, 0.29) is 0 Å². The van der Waals surface area contributed by atoms with Crippen LogP contribution in [0.4, 0.5) is 5.13 Å². The Labute approximate surface area is 94.5 Å². The van der Waals surface area contributed by atoms with Crippen LogP contribution in [-0.4, -0.2) is 15.4 Å². The molecule has 0 aromatic carbocycles. The highest BCUT2D eigenvalue weighted by molar-refractivity contribution is 7.09. The first kappa shape index (κ1) is 9.58. The number of nitrogens with zero attached hydrogens (tertiary/aromatic N) is 2. The highest BCUT2D eigenvalue weighted by atomic mass is 32.1. The summed E-state index contributed by atoms with van der Waals surface area (Å²) in [6.07, 6.45) is 6.61. The maximum Gasteiger partial charge on any atom is 0.202 e. The average Bonchev–Trinajstić information content (AvgIpc) is 2.92. The number of fused-ring (bicyclic) bond motifs is 2. The molecule has 3 nitrogen and oxygen atoms in total. The first-order valence-electron chi connectivity index (χ1n) is 5.94. The van der Waals surface area contributed by atoms with Gasteiger partial charge in [-0.05, 0) is 31.1 Å². The molecule has 2 bridgehead atoms. The standard InChI is InChI=1S/C11H17N3S/c1-2-10-13-11(15-14-10)12-9-6-7-3-4-8(9)5-7/h7-9H,2-6H2,1H3,(H,12,13,14). The molecule has 1 aromatic rings. The molecule has 4 heteroatoms. The van der Waals surface area contributed by atoms with Gasteiger partial charge in [0.15, 0.2) is 0 Å². The van der Waals surface area contributed by atoms with Crippen molar-refractivity contribution < 1.29 is 0 Å². The quantitative estimate of drug-likeness (QED) is 0.856. The molecular formula is C11H17N3S. The molecule has 3 unspecified atom stereocenters. The molecule has 0 radical (unpaired) electrons. The van der Waals surface area contributed by atoms with E-state index in [0.29, 0.717) is 6.04 Å². The highest BCUT2D eigenvalue weighted by Gasteiger charge is 2.39. The lowest BCUT2D eigenvalue weighted by atomic mass is 9.96. The van der Waals surface area contributed by atoms with Crippen LogP contribution in [0.2, 0.25) is 0 Å². The summed E-state index contributed by atoms with van der Waals surface area (Å²) in [6, 6.07) is 0.682. The van der Waals surface area contributed by atoms with Crippen LogP contribution in [-0.2, 0) is 6.42 Å². The zero-order valence-corrected chi connectivity index (χ0v) is 9.89. The van der Waals surface area contributed by atoms with E-state index in [1.54, 1.807) is 0 Å². The highest BCUT2D eigenvalue weighted by Crippen LogP contribution is 2.45. The summed E-state index contributed by atoms with van der Waals surface area (Å²) in [5.41, 5.74) is 0. The number of anilines is 1. The number of rotatable bonds is 3. The van der Waals surface area contributed by atoms with Crippen LogP contribution in [0.1, 0.15) is 38.4 Å². The molecule has 0 spiro atoms. The van der Waals surface area contributed by atoms with Crippen LogP contribution >= 0.6 is 11.5 Å². The van der Waals surface area contributed by atoms with Crippen LogP contribution in [0.3, 0.4) is 0 Å². The summed E-state index contributed by atoms with van der Waals surface area (Å²) in [5, 5.41) is 4.60. The minimum absolute atomic E-state index is 0.682. The second kappa shape index (κ2) is 3.74. The van der Waals surface area contributed by atoms with Gasteiger partial charge in [0.1, 0.15) is 5.82 Å². The van der Waals surface area contributed by atoms with Gasteiger partial charge in [0, 0.05) is 24.0 Å². The molecule has 3 rings (SSSR count). The van der Waals surface area contributed by atoms with E-state index in [1.807, 2.05) is 0 Å². The lowest BCUT2D eigenvalue weighted by Crippen LogP contribution is -2.25. The fourth-order valence-corrected chi connectivity index (χ4v) is 3.75. The summed E-state index contributed by atoms with van der Waals surface area (Å²) in [6.45, 7) is 2.10. The van der Waals surface area contributed by atoms with Crippen molar-refractivity contribution in [2.45, 2.75) is 45.1 Å². The zero-order valence-electron chi connectivity index (χ0n) is 9.07. The van der Waals surface area contributed by atoms with Gasteiger partial charge in [-0.3, -0.25) is 0 Å². The van der Waals surface area contributed by atoms with Gasteiger partial charge >= 0.3 is 0 Å². The Morgan fingerprint density at radius 2 is 2.33 bits per heavy atom. The molecule has 0 aliphatic heterocycles. The van der Waals surface area contributed by atoms with Crippen molar-refractivity contribution in [1.29, 1.82) is 0 Å². The Hall–Kier alpha value is -0.640. The van der Waals surface area contributed by atoms with Crippen LogP contribution in [0.25, 0.3) is 0 Å². The molecule has 0 saturated heterocycles. The predicted molar refractivity (Wildman–Crippen MR) is 62.1 cm³/mol. The fraction of sp³-hybridized carbons (Fsp3) is 0.818. The summed E-state index contributed by atoms with van der Waals surface area (Å²) < 4.78 is 4.31. The van der Waals surface area contributed by atoms with Gasteiger partial charge in [-0.25, -0.2) is 4.98 Å². The third-order valence-electron chi connectivity index (χ3n) is 3.83. The van der Waals surface area contributed by atoms with Crippen LogP contribution < -0.4 is 5.32 Å². The second-order valence-electron chi connectivity index (χ2n) is 4.80. The Morgan fingerprint density at radius 1 is 1.40 bits per heavy atom. The Kier molecular flexibility index (Phi) is 2.39. The number of nitrogens with one attached hydrogen (secondary N) is 1. The van der Waals surface area contributed by atoms with E-state index in [0.717, 1.165) is 29.2 Å². The van der Waals surface area contributed by atoms with Gasteiger partial charge in [0.05, 0.1) is 0 Å². The number of hydrogen-bond donors (Lipinski definition) is 1. The minimum atomic E-state index is 0.682. The smallest absolute Gasteiger partial charge is 0.202 e. The molecule has 1 N–H and O–H groups in total. The Morgan fingerprint density at radius 3 is 2.93 bits per heavy atom. The average molecular weight is 223 g/mol.